The van der Waals surface area contributed by atoms with Crippen LogP contribution in [-0.2, 0) is 21.5 Å². The standard InChI is InChI=1S/C15H16N4O5/c1-15(2,14(21)22)18-9-11(8-16-18)17-13(20)7-10-4-3-5-12(6-10)19(23)24/h3-6,8-9H,7H2,1-2H3,(H,17,20)(H,21,22). The van der Waals surface area contributed by atoms with Crippen LogP contribution in [0, 0.1) is 10.1 Å². The van der Waals surface area contributed by atoms with E-state index in [0.717, 1.165) is 0 Å². The van der Waals surface area contributed by atoms with Crippen LogP contribution >= 0.6 is 0 Å². The Morgan fingerprint density at radius 1 is 1.42 bits per heavy atom. The topological polar surface area (TPSA) is 127 Å². The summed E-state index contributed by atoms with van der Waals surface area (Å²) < 4.78 is 1.23. The molecule has 0 unspecified atom stereocenters. The highest BCUT2D eigenvalue weighted by Gasteiger charge is 2.30. The molecule has 2 N–H and O–H groups in total. The molecule has 0 bridgehead atoms. The molecule has 1 aromatic carbocycles. The van der Waals surface area contributed by atoms with Gasteiger partial charge in [-0.2, -0.15) is 5.10 Å². The van der Waals surface area contributed by atoms with E-state index in [9.17, 15) is 19.7 Å². The Kier molecular flexibility index (Phi) is 4.63. The fraction of sp³-hybridized carbons (Fsp3) is 0.267. The molecule has 2 rings (SSSR count). The number of hydrogen-bond donors (Lipinski definition) is 2. The maximum absolute atomic E-state index is 12.0. The number of rotatable bonds is 6. The Balaban J connectivity index is 2.06. The summed E-state index contributed by atoms with van der Waals surface area (Å²) in [5.74, 6) is -1.44. The Hall–Kier alpha value is -3.23. The van der Waals surface area contributed by atoms with Crippen molar-refractivity contribution in [1.82, 2.24) is 9.78 Å². The summed E-state index contributed by atoms with van der Waals surface area (Å²) in [6, 6.07) is 5.80. The minimum Gasteiger partial charge on any atom is -0.479 e. The van der Waals surface area contributed by atoms with Gasteiger partial charge in [0.05, 0.1) is 23.2 Å². The fourth-order valence-corrected chi connectivity index (χ4v) is 1.96. The summed E-state index contributed by atoms with van der Waals surface area (Å²) in [5.41, 5.74) is -0.487. The third kappa shape index (κ3) is 3.75. The van der Waals surface area contributed by atoms with Crippen LogP contribution in [0.3, 0.4) is 0 Å². The maximum atomic E-state index is 12.0. The van der Waals surface area contributed by atoms with Crippen molar-refractivity contribution in [3.05, 3.63) is 52.3 Å². The Morgan fingerprint density at radius 2 is 2.12 bits per heavy atom. The molecule has 0 radical (unpaired) electrons. The molecular formula is C15H16N4O5. The monoisotopic (exact) mass is 332 g/mol. The van der Waals surface area contributed by atoms with E-state index in [0.29, 0.717) is 11.3 Å². The van der Waals surface area contributed by atoms with Gasteiger partial charge in [0.1, 0.15) is 0 Å². The SMILES string of the molecule is CC(C)(C(=O)O)n1cc(NC(=O)Cc2cccc([N+](=O)[O-])c2)cn1. The van der Waals surface area contributed by atoms with E-state index >= 15 is 0 Å². The number of carboxylic acid groups (broad SMARTS) is 1. The Bertz CT molecular complexity index is 797. The number of carbonyl (C=O) groups is 2. The lowest BCUT2D eigenvalue weighted by Gasteiger charge is -2.19. The summed E-state index contributed by atoms with van der Waals surface area (Å²) >= 11 is 0. The van der Waals surface area contributed by atoms with Crippen LogP contribution < -0.4 is 5.32 Å². The van der Waals surface area contributed by atoms with Gasteiger partial charge in [-0.25, -0.2) is 4.79 Å². The third-order valence-electron chi connectivity index (χ3n) is 3.45. The van der Waals surface area contributed by atoms with E-state index in [1.807, 2.05) is 0 Å². The van der Waals surface area contributed by atoms with Crippen LogP contribution in [-0.4, -0.2) is 31.7 Å². The zero-order chi connectivity index (χ0) is 17.9. The Labute approximate surface area is 137 Å². The number of hydrogen-bond acceptors (Lipinski definition) is 5. The second kappa shape index (κ2) is 6.49. The largest absolute Gasteiger partial charge is 0.479 e. The number of benzene rings is 1. The lowest BCUT2D eigenvalue weighted by atomic mass is 10.1. The lowest BCUT2D eigenvalue weighted by Crippen LogP contribution is -2.35. The van der Waals surface area contributed by atoms with Gasteiger partial charge in [0.2, 0.25) is 5.91 Å². The van der Waals surface area contributed by atoms with Crippen molar-refractivity contribution in [3.8, 4) is 0 Å². The van der Waals surface area contributed by atoms with Crippen LogP contribution in [0.25, 0.3) is 0 Å². The number of nitrogens with zero attached hydrogens (tertiary/aromatic N) is 3. The number of amides is 1. The van der Waals surface area contributed by atoms with Crippen LogP contribution in [0.1, 0.15) is 19.4 Å². The number of non-ortho nitro benzene ring substituents is 1. The number of nitro benzene ring substituents is 1. The van der Waals surface area contributed by atoms with E-state index in [1.165, 1.54) is 49.1 Å². The van der Waals surface area contributed by atoms with Gasteiger partial charge in [-0.15, -0.1) is 0 Å². The van der Waals surface area contributed by atoms with Crippen LogP contribution in [0.4, 0.5) is 11.4 Å². The highest BCUT2D eigenvalue weighted by atomic mass is 16.6. The van der Waals surface area contributed by atoms with Gasteiger partial charge in [-0.05, 0) is 19.4 Å². The molecule has 0 spiro atoms. The molecule has 0 saturated heterocycles. The van der Waals surface area contributed by atoms with Crippen molar-refractivity contribution in [2.45, 2.75) is 25.8 Å². The molecule has 0 fully saturated rings. The first kappa shape index (κ1) is 17.1. The smallest absolute Gasteiger partial charge is 0.331 e. The molecule has 1 aromatic heterocycles. The zero-order valence-electron chi connectivity index (χ0n) is 13.1. The van der Waals surface area contributed by atoms with Crippen molar-refractivity contribution < 1.29 is 19.6 Å². The number of aliphatic carboxylic acids is 1. The summed E-state index contributed by atoms with van der Waals surface area (Å²) in [4.78, 5) is 33.4. The van der Waals surface area contributed by atoms with Gasteiger partial charge in [-0.1, -0.05) is 12.1 Å². The second-order valence-electron chi connectivity index (χ2n) is 5.69. The van der Waals surface area contributed by atoms with Crippen molar-refractivity contribution in [1.29, 1.82) is 0 Å². The van der Waals surface area contributed by atoms with Crippen LogP contribution in [0.5, 0.6) is 0 Å². The van der Waals surface area contributed by atoms with Gasteiger partial charge in [-0.3, -0.25) is 19.6 Å². The first-order chi connectivity index (χ1) is 11.2. The lowest BCUT2D eigenvalue weighted by molar-refractivity contribution is -0.384. The Morgan fingerprint density at radius 3 is 2.75 bits per heavy atom. The van der Waals surface area contributed by atoms with E-state index in [2.05, 4.69) is 10.4 Å². The highest BCUT2D eigenvalue weighted by molar-refractivity contribution is 5.92. The average Bonchev–Trinajstić information content (AvgIpc) is 2.96. The number of carbonyl (C=O) groups excluding carboxylic acids is 1. The van der Waals surface area contributed by atoms with E-state index in [-0.39, 0.29) is 18.0 Å². The zero-order valence-corrected chi connectivity index (χ0v) is 13.1. The van der Waals surface area contributed by atoms with E-state index in [4.69, 9.17) is 5.11 Å². The third-order valence-corrected chi connectivity index (χ3v) is 3.45. The second-order valence-corrected chi connectivity index (χ2v) is 5.69. The molecule has 0 saturated carbocycles. The molecular weight excluding hydrogens is 316 g/mol. The van der Waals surface area contributed by atoms with Crippen LogP contribution in [0.15, 0.2) is 36.7 Å². The van der Waals surface area contributed by atoms with Gasteiger partial charge < -0.3 is 10.4 Å². The summed E-state index contributed by atoms with van der Waals surface area (Å²) in [5, 5.41) is 26.4. The molecule has 9 heteroatoms. The van der Waals surface area contributed by atoms with Crippen LogP contribution in [0.2, 0.25) is 0 Å². The quantitative estimate of drug-likeness (QED) is 0.613. The van der Waals surface area contributed by atoms with Gasteiger partial charge in [0, 0.05) is 18.3 Å². The molecule has 2 aromatic rings. The van der Waals surface area contributed by atoms with Gasteiger partial charge >= 0.3 is 5.97 Å². The van der Waals surface area contributed by atoms with Gasteiger partial charge in [0.25, 0.3) is 5.69 Å². The van der Waals surface area contributed by atoms with E-state index < -0.39 is 16.4 Å². The van der Waals surface area contributed by atoms with Crippen molar-refractivity contribution in [2.24, 2.45) is 0 Å². The predicted molar refractivity (Wildman–Crippen MR) is 84.6 cm³/mol. The summed E-state index contributed by atoms with van der Waals surface area (Å²) in [7, 11) is 0. The molecule has 0 aliphatic rings. The summed E-state index contributed by atoms with van der Waals surface area (Å²) in [6.45, 7) is 2.97. The normalized spacial score (nSPS) is 11.1. The molecule has 126 valence electrons. The molecule has 9 nitrogen and oxygen atoms in total. The number of anilines is 1. The highest BCUT2D eigenvalue weighted by Crippen LogP contribution is 2.18. The molecule has 0 atom stereocenters. The van der Waals surface area contributed by atoms with Gasteiger partial charge in [0.15, 0.2) is 5.54 Å². The number of carboxylic acids is 1. The first-order valence-corrected chi connectivity index (χ1v) is 7.02. The van der Waals surface area contributed by atoms with Crippen molar-refractivity contribution in [2.75, 3.05) is 5.32 Å². The number of nitro groups is 1. The molecule has 0 aliphatic heterocycles. The molecule has 1 heterocycles. The average molecular weight is 332 g/mol. The predicted octanol–water partition coefficient (Wildman–Crippen LogP) is 1.79. The first-order valence-electron chi connectivity index (χ1n) is 7.02. The number of nitrogens with one attached hydrogen (secondary N) is 1. The number of aromatic nitrogens is 2. The van der Waals surface area contributed by atoms with Crippen molar-refractivity contribution >= 4 is 23.3 Å². The molecule has 0 aliphatic carbocycles. The summed E-state index contributed by atoms with van der Waals surface area (Å²) in [6.07, 6.45) is 2.71. The minimum atomic E-state index is -1.25. The molecule has 24 heavy (non-hydrogen) atoms. The van der Waals surface area contributed by atoms with E-state index in [1.54, 1.807) is 6.07 Å². The minimum absolute atomic E-state index is 0.0464. The maximum Gasteiger partial charge on any atom is 0.331 e. The fourth-order valence-electron chi connectivity index (χ4n) is 1.96. The molecule has 1 amide bonds. The van der Waals surface area contributed by atoms with Crippen molar-refractivity contribution in [3.63, 3.8) is 0 Å².